The molecule has 0 atom stereocenters. The van der Waals surface area contributed by atoms with Crippen LogP contribution >= 0.6 is 22.6 Å². The summed E-state index contributed by atoms with van der Waals surface area (Å²) in [6, 6.07) is 8.57. The van der Waals surface area contributed by atoms with Crippen molar-refractivity contribution in [2.75, 3.05) is 4.90 Å². The van der Waals surface area contributed by atoms with Crippen LogP contribution in [0.5, 0.6) is 0 Å². The van der Waals surface area contributed by atoms with Gasteiger partial charge in [-0.05, 0) is 40.8 Å². The Labute approximate surface area is 132 Å². The molecule has 1 aliphatic rings. The minimum Gasteiger partial charge on any atom is -0.268 e. The summed E-state index contributed by atoms with van der Waals surface area (Å²) in [6.07, 6.45) is 1.65. The van der Waals surface area contributed by atoms with Crippen LogP contribution in [0.15, 0.2) is 36.5 Å². The highest BCUT2D eigenvalue weighted by atomic mass is 127. The summed E-state index contributed by atoms with van der Waals surface area (Å²) >= 11 is 2.13. The van der Waals surface area contributed by atoms with E-state index in [0.717, 1.165) is 8.47 Å². The molecule has 0 radical (unpaired) electrons. The number of aromatic amines is 1. The number of amides is 2. The third-order valence-electron chi connectivity index (χ3n) is 3.40. The van der Waals surface area contributed by atoms with Crippen molar-refractivity contribution in [1.82, 2.24) is 15.2 Å². The molecule has 0 spiro atoms. The van der Waals surface area contributed by atoms with Crippen LogP contribution in [0.2, 0.25) is 0 Å². The molecule has 2 aromatic heterocycles. The first-order chi connectivity index (χ1) is 10.2. The summed E-state index contributed by atoms with van der Waals surface area (Å²) in [4.78, 5) is 30.2. The molecule has 3 heterocycles. The van der Waals surface area contributed by atoms with E-state index in [1.807, 2.05) is 0 Å². The zero-order valence-electron chi connectivity index (χ0n) is 10.5. The molecule has 21 heavy (non-hydrogen) atoms. The molecule has 3 aromatic rings. The number of aromatic nitrogens is 3. The van der Waals surface area contributed by atoms with Crippen LogP contribution in [-0.4, -0.2) is 27.0 Å². The number of fused-ring (bicyclic) bond motifs is 2. The van der Waals surface area contributed by atoms with Gasteiger partial charge in [-0.3, -0.25) is 14.7 Å². The van der Waals surface area contributed by atoms with Gasteiger partial charge in [0, 0.05) is 9.77 Å². The smallest absolute Gasteiger partial charge is 0.267 e. The van der Waals surface area contributed by atoms with Crippen molar-refractivity contribution in [2.45, 2.75) is 0 Å². The third-order valence-corrected chi connectivity index (χ3v) is 4.30. The number of anilines is 1. The van der Waals surface area contributed by atoms with E-state index in [2.05, 4.69) is 37.8 Å². The van der Waals surface area contributed by atoms with E-state index in [4.69, 9.17) is 0 Å². The van der Waals surface area contributed by atoms with Crippen LogP contribution in [0, 0.1) is 3.57 Å². The second kappa shape index (κ2) is 4.35. The fourth-order valence-corrected chi connectivity index (χ4v) is 3.10. The van der Waals surface area contributed by atoms with Gasteiger partial charge in [0.1, 0.15) is 0 Å². The van der Waals surface area contributed by atoms with Crippen molar-refractivity contribution in [2.24, 2.45) is 0 Å². The number of nitrogens with zero attached hydrogens (tertiary/aromatic N) is 3. The number of pyridine rings is 1. The molecular weight excluding hydrogens is 383 g/mol. The van der Waals surface area contributed by atoms with Crippen molar-refractivity contribution in [1.29, 1.82) is 0 Å². The largest absolute Gasteiger partial charge is 0.268 e. The van der Waals surface area contributed by atoms with Crippen LogP contribution in [0.4, 0.5) is 5.82 Å². The molecule has 0 bridgehead atoms. The number of hydrogen-bond donors (Lipinski definition) is 1. The highest BCUT2D eigenvalue weighted by Crippen LogP contribution is 2.33. The fraction of sp³-hybridized carbons (Fsp3) is 0. The maximum atomic E-state index is 12.5. The van der Waals surface area contributed by atoms with Crippen molar-refractivity contribution in [3.8, 4) is 0 Å². The standard InChI is InChI=1S/C14H7IN4O2/c15-9-5-6-16-11-10(9)12(18-17-11)19-13(20)7-3-1-2-4-8(7)14(19)21/h1-6H,(H,16,17,18). The quantitative estimate of drug-likeness (QED) is 0.511. The lowest BCUT2D eigenvalue weighted by molar-refractivity contribution is 0.0925. The van der Waals surface area contributed by atoms with Crippen molar-refractivity contribution < 1.29 is 9.59 Å². The Morgan fingerprint density at radius 2 is 1.71 bits per heavy atom. The van der Waals surface area contributed by atoms with Crippen LogP contribution in [0.3, 0.4) is 0 Å². The summed E-state index contributed by atoms with van der Waals surface area (Å²) < 4.78 is 0.873. The molecular formula is C14H7IN4O2. The molecule has 0 aliphatic carbocycles. The average Bonchev–Trinajstić information content (AvgIpc) is 3.01. The SMILES string of the molecule is O=C1c2ccccc2C(=O)N1c1n[nH]c2nccc(I)c12. The first kappa shape index (κ1) is 12.5. The van der Waals surface area contributed by atoms with Gasteiger partial charge >= 0.3 is 0 Å². The Hall–Kier alpha value is -2.29. The molecule has 7 heteroatoms. The Morgan fingerprint density at radius 3 is 2.38 bits per heavy atom. The molecule has 0 saturated heterocycles. The number of rotatable bonds is 1. The molecule has 6 nitrogen and oxygen atoms in total. The summed E-state index contributed by atoms with van der Waals surface area (Å²) in [5.74, 6) is -0.416. The topological polar surface area (TPSA) is 79.0 Å². The number of nitrogens with one attached hydrogen (secondary N) is 1. The first-order valence-electron chi connectivity index (χ1n) is 6.15. The average molecular weight is 390 g/mol. The van der Waals surface area contributed by atoms with Crippen molar-refractivity contribution >= 4 is 51.3 Å². The van der Waals surface area contributed by atoms with Gasteiger partial charge in [-0.25, -0.2) is 9.88 Å². The minimum absolute atomic E-state index is 0.300. The molecule has 102 valence electrons. The van der Waals surface area contributed by atoms with Gasteiger partial charge in [0.15, 0.2) is 11.5 Å². The predicted octanol–water partition coefficient (Wildman–Crippen LogP) is 2.36. The number of carbonyl (C=O) groups excluding carboxylic acids is 2. The maximum Gasteiger partial charge on any atom is 0.267 e. The number of benzene rings is 1. The Kier molecular flexibility index (Phi) is 2.58. The third kappa shape index (κ3) is 1.63. The number of halogens is 1. The summed E-state index contributed by atoms with van der Waals surface area (Å²) in [5, 5.41) is 7.55. The highest BCUT2D eigenvalue weighted by molar-refractivity contribution is 14.1. The predicted molar refractivity (Wildman–Crippen MR) is 84.2 cm³/mol. The second-order valence-electron chi connectivity index (χ2n) is 4.55. The highest BCUT2D eigenvalue weighted by Gasteiger charge is 2.38. The van der Waals surface area contributed by atoms with E-state index in [9.17, 15) is 9.59 Å². The van der Waals surface area contributed by atoms with Gasteiger partial charge in [0.2, 0.25) is 0 Å². The zero-order chi connectivity index (χ0) is 14.6. The van der Waals surface area contributed by atoms with Crippen LogP contribution in [0.1, 0.15) is 20.7 Å². The van der Waals surface area contributed by atoms with E-state index in [-0.39, 0.29) is 11.8 Å². The normalized spacial score (nSPS) is 14.0. The number of hydrogen-bond acceptors (Lipinski definition) is 4. The second-order valence-corrected chi connectivity index (χ2v) is 5.72. The van der Waals surface area contributed by atoms with E-state index in [0.29, 0.717) is 28.0 Å². The monoisotopic (exact) mass is 390 g/mol. The molecule has 2 amide bonds. The number of H-pyrrole nitrogens is 1. The number of imide groups is 1. The van der Waals surface area contributed by atoms with Crippen molar-refractivity contribution in [3.63, 3.8) is 0 Å². The lowest BCUT2D eigenvalue weighted by atomic mass is 10.1. The lowest BCUT2D eigenvalue weighted by Crippen LogP contribution is -2.30. The van der Waals surface area contributed by atoms with Gasteiger partial charge in [-0.15, -0.1) is 0 Å². The Balaban J connectivity index is 1.96. The zero-order valence-corrected chi connectivity index (χ0v) is 12.7. The summed E-state index contributed by atoms with van der Waals surface area (Å²) in [5.41, 5.74) is 1.35. The van der Waals surface area contributed by atoms with Gasteiger partial charge < -0.3 is 0 Å². The Morgan fingerprint density at radius 1 is 1.05 bits per heavy atom. The molecule has 1 aliphatic heterocycles. The van der Waals surface area contributed by atoms with Crippen LogP contribution in [0.25, 0.3) is 11.0 Å². The maximum absolute atomic E-state index is 12.5. The van der Waals surface area contributed by atoms with Gasteiger partial charge in [-0.2, -0.15) is 5.10 Å². The lowest BCUT2D eigenvalue weighted by Gasteiger charge is -2.10. The molecule has 1 N–H and O–H groups in total. The molecule has 0 unspecified atom stereocenters. The van der Waals surface area contributed by atoms with Crippen LogP contribution < -0.4 is 4.90 Å². The molecule has 0 saturated carbocycles. The molecule has 1 aromatic carbocycles. The van der Waals surface area contributed by atoms with E-state index in [1.165, 1.54) is 0 Å². The van der Waals surface area contributed by atoms with Gasteiger partial charge in [-0.1, -0.05) is 12.1 Å². The fourth-order valence-electron chi connectivity index (χ4n) is 2.44. The van der Waals surface area contributed by atoms with Gasteiger partial charge in [0.05, 0.1) is 16.5 Å². The van der Waals surface area contributed by atoms with Crippen LogP contribution in [-0.2, 0) is 0 Å². The van der Waals surface area contributed by atoms with E-state index >= 15 is 0 Å². The first-order valence-corrected chi connectivity index (χ1v) is 7.23. The van der Waals surface area contributed by atoms with Gasteiger partial charge in [0.25, 0.3) is 11.8 Å². The molecule has 4 rings (SSSR count). The molecule has 0 fully saturated rings. The minimum atomic E-state index is -0.358. The Bertz CT molecular complexity index is 883. The van der Waals surface area contributed by atoms with Crippen molar-refractivity contribution in [3.05, 3.63) is 51.2 Å². The summed E-state index contributed by atoms with van der Waals surface area (Å²) in [6.45, 7) is 0. The summed E-state index contributed by atoms with van der Waals surface area (Å²) in [7, 11) is 0. The van der Waals surface area contributed by atoms with E-state index in [1.54, 1.807) is 36.5 Å². The number of carbonyl (C=O) groups is 2. The van der Waals surface area contributed by atoms with E-state index < -0.39 is 0 Å².